The molecule has 0 radical (unpaired) electrons. The van der Waals surface area contributed by atoms with Gasteiger partial charge in [0, 0.05) is 10.9 Å². The fourth-order valence-electron chi connectivity index (χ4n) is 6.28. The van der Waals surface area contributed by atoms with E-state index in [1.165, 1.54) is 0 Å². The van der Waals surface area contributed by atoms with Crippen LogP contribution in [-0.4, -0.2) is 15.3 Å². The first-order valence-corrected chi connectivity index (χ1v) is 13.1. The van der Waals surface area contributed by atoms with Gasteiger partial charge < -0.3 is 19.7 Å². The minimum absolute atomic E-state index is 0.0564. The molecule has 3 N–H and O–H groups in total. The average molecular weight is 519 g/mol. The number of hydrogen-bond donors (Lipinski definition) is 3. The topological polar surface area (TPSA) is 73.8 Å². The van der Waals surface area contributed by atoms with Gasteiger partial charge in [0.05, 0.1) is 10.9 Å². The Labute approximate surface area is 228 Å². The number of hydrogen-bond acceptors (Lipinski definition) is 4. The number of phenols is 3. The third-order valence-corrected chi connectivity index (χ3v) is 7.99. The number of aromatic hydroxyl groups is 3. The van der Waals surface area contributed by atoms with E-state index in [-0.39, 0.29) is 16.9 Å². The Morgan fingerprint density at radius 3 is 1.60 bits per heavy atom. The zero-order valence-corrected chi connectivity index (χ0v) is 21.2. The summed E-state index contributed by atoms with van der Waals surface area (Å²) < 4.78 is 5.86. The van der Waals surface area contributed by atoms with Crippen molar-refractivity contribution in [2.45, 2.75) is 0 Å². The summed E-state index contributed by atoms with van der Waals surface area (Å²) in [6.07, 6.45) is 0. The van der Waals surface area contributed by atoms with Gasteiger partial charge in [0.2, 0.25) is 5.75 Å². The molecule has 0 fully saturated rings. The molecule has 0 saturated carbocycles. The molecule has 1 heterocycles. The summed E-state index contributed by atoms with van der Waals surface area (Å²) in [7, 11) is 0. The van der Waals surface area contributed by atoms with Crippen LogP contribution in [0.4, 0.5) is 0 Å². The summed E-state index contributed by atoms with van der Waals surface area (Å²) in [5, 5.41) is 41.4. The molecule has 0 aliphatic carbocycles. The molecule has 0 unspecified atom stereocenters. The lowest BCUT2D eigenvalue weighted by Crippen LogP contribution is -1.92. The van der Waals surface area contributed by atoms with Crippen LogP contribution in [0, 0.1) is 0 Å². The maximum atomic E-state index is 11.8. The van der Waals surface area contributed by atoms with Crippen LogP contribution < -0.4 is 0 Å². The van der Waals surface area contributed by atoms with Crippen molar-refractivity contribution >= 4 is 54.3 Å². The van der Waals surface area contributed by atoms with E-state index < -0.39 is 11.5 Å². The zero-order valence-electron chi connectivity index (χ0n) is 21.2. The zero-order chi connectivity index (χ0) is 27.0. The summed E-state index contributed by atoms with van der Waals surface area (Å²) >= 11 is 0. The molecule has 0 aliphatic heterocycles. The Balaban J connectivity index is 1.59. The minimum atomic E-state index is -0.419. The first-order chi connectivity index (χ1) is 19.6. The van der Waals surface area contributed by atoms with Gasteiger partial charge in [-0.1, -0.05) is 109 Å². The average Bonchev–Trinajstić information content (AvgIpc) is 3.40. The second kappa shape index (κ2) is 8.26. The van der Waals surface area contributed by atoms with Crippen molar-refractivity contribution in [2.75, 3.05) is 0 Å². The summed E-state index contributed by atoms with van der Waals surface area (Å²) in [5.41, 5.74) is 3.57. The lowest BCUT2D eigenvalue weighted by Gasteiger charge is -2.20. The predicted octanol–water partition coefficient (Wildman–Crippen LogP) is 9.50. The molecule has 7 aromatic carbocycles. The molecule has 0 amide bonds. The quantitative estimate of drug-likeness (QED) is 0.121. The van der Waals surface area contributed by atoms with Crippen molar-refractivity contribution in [3.8, 4) is 39.5 Å². The van der Waals surface area contributed by atoms with Crippen LogP contribution in [0.5, 0.6) is 17.2 Å². The van der Waals surface area contributed by atoms with E-state index >= 15 is 0 Å². The predicted molar refractivity (Wildman–Crippen MR) is 162 cm³/mol. The molecular formula is C36H22O4. The summed E-state index contributed by atoms with van der Waals surface area (Å²) in [4.78, 5) is 0. The molecule has 1 aromatic heterocycles. The highest BCUT2D eigenvalue weighted by Gasteiger charge is 2.28. The molecule has 4 nitrogen and oxygen atoms in total. The Kier molecular flexibility index (Phi) is 4.64. The molecule has 0 spiro atoms. The molecule has 40 heavy (non-hydrogen) atoms. The minimum Gasteiger partial charge on any atom is -0.506 e. The molecule has 0 bridgehead atoms. The second-order valence-electron chi connectivity index (χ2n) is 10.1. The summed E-state index contributed by atoms with van der Waals surface area (Å²) in [6, 6.07) is 38.0. The third-order valence-electron chi connectivity index (χ3n) is 7.99. The van der Waals surface area contributed by atoms with E-state index in [4.69, 9.17) is 4.42 Å². The Morgan fingerprint density at radius 2 is 0.925 bits per heavy atom. The molecule has 0 aliphatic rings. The van der Waals surface area contributed by atoms with Crippen molar-refractivity contribution in [3.05, 3.63) is 115 Å². The maximum Gasteiger partial charge on any atom is 0.202 e. The summed E-state index contributed by atoms with van der Waals surface area (Å²) in [6.45, 7) is 0. The Bertz CT molecular complexity index is 2250. The molecule has 4 heteroatoms. The van der Waals surface area contributed by atoms with Crippen molar-refractivity contribution in [1.29, 1.82) is 0 Å². The molecule has 0 saturated heterocycles. The molecule has 8 rings (SSSR count). The number of fused-ring (bicyclic) bond motifs is 6. The monoisotopic (exact) mass is 518 g/mol. The van der Waals surface area contributed by atoms with Crippen LogP contribution in [0.25, 0.3) is 76.5 Å². The van der Waals surface area contributed by atoms with Crippen LogP contribution >= 0.6 is 0 Å². The second-order valence-corrected chi connectivity index (χ2v) is 10.1. The lowest BCUT2D eigenvalue weighted by molar-refractivity contribution is 0.398. The standard InChI is InChI=1S/C36H22O4/c37-33-31-27-17-7-8-19-28(27)40-36(31)35(39)34(38)32(33)30-25-15-5-3-13-23(25)29(24-14-4-6-16-26(24)30)22-18-9-11-20-10-1-2-12-21(20)22/h1-19,37-39H. The van der Waals surface area contributed by atoms with Crippen molar-refractivity contribution in [3.63, 3.8) is 0 Å². The van der Waals surface area contributed by atoms with Gasteiger partial charge in [0.25, 0.3) is 0 Å². The van der Waals surface area contributed by atoms with E-state index in [2.05, 4.69) is 42.5 Å². The largest absolute Gasteiger partial charge is 0.506 e. The normalized spacial score (nSPS) is 11.8. The van der Waals surface area contributed by atoms with Crippen molar-refractivity contribution in [1.82, 2.24) is 0 Å². The van der Waals surface area contributed by atoms with Crippen LogP contribution in [0.3, 0.4) is 0 Å². The van der Waals surface area contributed by atoms with Gasteiger partial charge in [0.1, 0.15) is 11.3 Å². The van der Waals surface area contributed by atoms with Gasteiger partial charge in [-0.2, -0.15) is 0 Å². The third kappa shape index (κ3) is 2.96. The van der Waals surface area contributed by atoms with Gasteiger partial charge in [-0.15, -0.1) is 0 Å². The number of furan rings is 1. The van der Waals surface area contributed by atoms with Crippen molar-refractivity contribution in [2.24, 2.45) is 0 Å². The SMILES string of the molecule is Oc1c(-c2c3ccccc3c(-c3cccc4ccccc34)c3ccccc23)c(O)c2c(oc3ccccc32)c1O. The maximum absolute atomic E-state index is 11.8. The fourth-order valence-corrected chi connectivity index (χ4v) is 6.28. The Hall–Kier alpha value is -5.48. The number of phenolic OH excluding ortho intramolecular Hbond substituents is 3. The van der Waals surface area contributed by atoms with Gasteiger partial charge >= 0.3 is 0 Å². The van der Waals surface area contributed by atoms with E-state index in [0.717, 1.165) is 43.4 Å². The van der Waals surface area contributed by atoms with Crippen LogP contribution in [-0.2, 0) is 0 Å². The van der Waals surface area contributed by atoms with Crippen LogP contribution in [0.2, 0.25) is 0 Å². The lowest BCUT2D eigenvalue weighted by atomic mass is 9.84. The number of rotatable bonds is 2. The smallest absolute Gasteiger partial charge is 0.202 e. The molecule has 8 aromatic rings. The van der Waals surface area contributed by atoms with Gasteiger partial charge in [-0.25, -0.2) is 0 Å². The fraction of sp³-hybridized carbons (Fsp3) is 0. The highest BCUT2D eigenvalue weighted by atomic mass is 16.4. The van der Waals surface area contributed by atoms with Crippen LogP contribution in [0.1, 0.15) is 0 Å². The molecular weight excluding hydrogens is 496 g/mol. The first-order valence-electron chi connectivity index (χ1n) is 13.1. The number of para-hydroxylation sites is 1. The van der Waals surface area contributed by atoms with E-state index in [0.29, 0.717) is 21.9 Å². The molecule has 190 valence electrons. The summed E-state index contributed by atoms with van der Waals surface area (Å²) in [5.74, 6) is -0.953. The van der Waals surface area contributed by atoms with E-state index in [1.807, 2.05) is 66.7 Å². The van der Waals surface area contributed by atoms with Crippen molar-refractivity contribution < 1.29 is 19.7 Å². The van der Waals surface area contributed by atoms with Gasteiger partial charge in [0.15, 0.2) is 11.3 Å². The van der Waals surface area contributed by atoms with E-state index in [9.17, 15) is 15.3 Å². The highest BCUT2D eigenvalue weighted by Crippen LogP contribution is 2.56. The molecule has 0 atom stereocenters. The van der Waals surface area contributed by atoms with Gasteiger partial charge in [-0.3, -0.25) is 0 Å². The number of benzene rings is 7. The Morgan fingerprint density at radius 1 is 0.400 bits per heavy atom. The van der Waals surface area contributed by atoms with Crippen LogP contribution in [0.15, 0.2) is 120 Å². The van der Waals surface area contributed by atoms with Gasteiger partial charge in [-0.05, 0) is 49.5 Å². The van der Waals surface area contributed by atoms with E-state index in [1.54, 1.807) is 6.07 Å². The highest BCUT2D eigenvalue weighted by molar-refractivity contribution is 6.26. The first kappa shape index (κ1) is 22.5.